The first-order valence-corrected chi connectivity index (χ1v) is 10.5. The lowest BCUT2D eigenvalue weighted by molar-refractivity contribution is 0.187. The molecule has 2 aromatic heterocycles. The van der Waals surface area contributed by atoms with Crippen molar-refractivity contribution in [3.63, 3.8) is 0 Å². The minimum Gasteiger partial charge on any atom is -0.444 e. The van der Waals surface area contributed by atoms with Gasteiger partial charge >= 0.3 is 0 Å². The largest absolute Gasteiger partial charge is 0.444 e. The van der Waals surface area contributed by atoms with Crippen LogP contribution in [-0.4, -0.2) is 46.1 Å². The highest BCUT2D eigenvalue weighted by atomic mass is 32.2. The highest BCUT2D eigenvalue weighted by Gasteiger charge is 2.22. The van der Waals surface area contributed by atoms with Gasteiger partial charge in [0, 0.05) is 58.3 Å². The number of rotatable bonds is 6. The summed E-state index contributed by atoms with van der Waals surface area (Å²) in [5.74, 6) is 1.21. The van der Waals surface area contributed by atoms with Crippen molar-refractivity contribution < 1.29 is 13.3 Å². The van der Waals surface area contributed by atoms with Gasteiger partial charge in [0.1, 0.15) is 5.52 Å². The second kappa shape index (κ2) is 7.51. The molecular formula is C17H23FN4O2S. The van der Waals surface area contributed by atoms with E-state index in [1.807, 2.05) is 12.1 Å². The van der Waals surface area contributed by atoms with Gasteiger partial charge in [-0.05, 0) is 37.3 Å². The molecule has 25 heavy (non-hydrogen) atoms. The number of nitrogens with one attached hydrogen (secondary N) is 1. The third kappa shape index (κ3) is 4.36. The molecule has 136 valence electrons. The summed E-state index contributed by atoms with van der Waals surface area (Å²) in [7, 11) is -2.40. The fourth-order valence-corrected chi connectivity index (χ4v) is 4.11. The molecule has 1 unspecified atom stereocenters. The van der Waals surface area contributed by atoms with Crippen molar-refractivity contribution in [2.24, 2.45) is 5.92 Å². The Hall–Kier alpha value is -1.96. The second-order valence-corrected chi connectivity index (χ2v) is 8.94. The summed E-state index contributed by atoms with van der Waals surface area (Å²) < 4.78 is 36.6. The summed E-state index contributed by atoms with van der Waals surface area (Å²) in [5.41, 5.74) is 1.62. The van der Waals surface area contributed by atoms with Crippen molar-refractivity contribution in [3.05, 3.63) is 24.5 Å². The highest BCUT2D eigenvalue weighted by molar-refractivity contribution is 7.91. The predicted octanol–water partition coefficient (Wildman–Crippen LogP) is 3.22. The lowest BCUT2D eigenvalue weighted by atomic mass is 9.94. The molecule has 0 amide bonds. The van der Waals surface area contributed by atoms with E-state index in [1.165, 1.54) is 6.26 Å². The van der Waals surface area contributed by atoms with Gasteiger partial charge in [-0.15, -0.1) is 0 Å². The molecule has 0 bridgehead atoms. The van der Waals surface area contributed by atoms with Crippen LogP contribution < -0.4 is 9.64 Å². The van der Waals surface area contributed by atoms with Crippen molar-refractivity contribution in [1.82, 2.24) is 9.97 Å². The quantitative estimate of drug-likeness (QED) is 0.849. The van der Waals surface area contributed by atoms with Crippen LogP contribution >= 0.6 is 0 Å². The number of hydrogen-bond acceptors (Lipinski definition) is 6. The van der Waals surface area contributed by atoms with Gasteiger partial charge in [0.15, 0.2) is 0 Å². The molecule has 1 fully saturated rings. The van der Waals surface area contributed by atoms with E-state index in [2.05, 4.69) is 14.9 Å². The van der Waals surface area contributed by atoms with Gasteiger partial charge in [-0.25, -0.2) is 9.37 Å². The zero-order valence-electron chi connectivity index (χ0n) is 14.3. The van der Waals surface area contributed by atoms with Crippen LogP contribution in [-0.2, 0) is 9.73 Å². The number of aromatic nitrogens is 2. The molecule has 1 N–H and O–H groups in total. The van der Waals surface area contributed by atoms with Crippen LogP contribution in [0.1, 0.15) is 19.3 Å². The van der Waals surface area contributed by atoms with Gasteiger partial charge in [-0.2, -0.15) is 0 Å². The maximum atomic E-state index is 12.5. The number of nitrogens with zero attached hydrogens (tertiary/aromatic N) is 3. The van der Waals surface area contributed by atoms with Gasteiger partial charge in [0.25, 0.3) is 0 Å². The summed E-state index contributed by atoms with van der Waals surface area (Å²) in [6, 6.07) is 3.84. The standard InChI is InChI=1S/C17H23FN4O2S/c1-25(19,23)11-6-13-4-9-22(10-5-13)15-3-8-20-16-14(15)2-7-21-17(16)24-12-18/h2-3,7-8,13,19H,4-6,9-12H2,1H3. The van der Waals surface area contributed by atoms with Gasteiger partial charge in [0.05, 0.1) is 0 Å². The zero-order valence-corrected chi connectivity index (χ0v) is 15.1. The van der Waals surface area contributed by atoms with Crippen LogP contribution in [0.4, 0.5) is 10.1 Å². The Bertz CT molecular complexity index is 836. The monoisotopic (exact) mass is 366 g/mol. The Morgan fingerprint density at radius 1 is 1.32 bits per heavy atom. The molecule has 1 saturated heterocycles. The molecule has 0 spiro atoms. The number of halogens is 1. The molecule has 1 atom stereocenters. The minimum atomic E-state index is -2.40. The van der Waals surface area contributed by atoms with Crippen LogP contribution in [0.2, 0.25) is 0 Å². The number of pyridine rings is 2. The molecule has 3 heterocycles. The van der Waals surface area contributed by atoms with Crippen LogP contribution in [0.3, 0.4) is 0 Å². The van der Waals surface area contributed by atoms with Crippen molar-refractivity contribution in [2.45, 2.75) is 19.3 Å². The lowest BCUT2D eigenvalue weighted by Crippen LogP contribution is -2.34. The Labute approximate surface area is 147 Å². The first-order valence-electron chi connectivity index (χ1n) is 8.37. The first kappa shape index (κ1) is 17.8. The van der Waals surface area contributed by atoms with Gasteiger partial charge in [0.2, 0.25) is 12.7 Å². The van der Waals surface area contributed by atoms with E-state index in [9.17, 15) is 8.60 Å². The smallest absolute Gasteiger partial charge is 0.242 e. The summed E-state index contributed by atoms with van der Waals surface area (Å²) in [4.78, 5) is 10.6. The summed E-state index contributed by atoms with van der Waals surface area (Å²) in [6.07, 6.45) is 7.69. The fraction of sp³-hybridized carbons (Fsp3) is 0.529. The summed E-state index contributed by atoms with van der Waals surface area (Å²) in [6.45, 7) is 0.864. The number of fused-ring (bicyclic) bond motifs is 1. The topological polar surface area (TPSA) is 79.2 Å². The molecule has 3 rings (SSSR count). The third-order valence-corrected chi connectivity index (χ3v) is 5.68. The van der Waals surface area contributed by atoms with Crippen LogP contribution in [0.5, 0.6) is 5.88 Å². The molecule has 2 aromatic rings. The Morgan fingerprint density at radius 2 is 2.04 bits per heavy atom. The maximum absolute atomic E-state index is 12.5. The summed E-state index contributed by atoms with van der Waals surface area (Å²) in [5, 5.41) is 0.905. The minimum absolute atomic E-state index is 0.213. The van der Waals surface area contributed by atoms with Gasteiger partial charge < -0.3 is 9.64 Å². The number of piperidine rings is 1. The van der Waals surface area contributed by atoms with Crippen LogP contribution in [0.25, 0.3) is 10.9 Å². The molecule has 0 aromatic carbocycles. The number of ether oxygens (including phenoxy) is 1. The maximum Gasteiger partial charge on any atom is 0.242 e. The molecule has 0 aliphatic carbocycles. The lowest BCUT2D eigenvalue weighted by Gasteiger charge is -2.34. The van der Waals surface area contributed by atoms with E-state index in [1.54, 1.807) is 12.4 Å². The SMILES string of the molecule is CS(=N)(=O)CCC1CCN(c2ccnc3c(OCF)nccc23)CC1. The highest BCUT2D eigenvalue weighted by Crippen LogP contribution is 2.32. The van der Waals surface area contributed by atoms with E-state index in [4.69, 9.17) is 9.52 Å². The molecule has 0 radical (unpaired) electrons. The Balaban J connectivity index is 1.74. The van der Waals surface area contributed by atoms with E-state index in [-0.39, 0.29) is 5.88 Å². The molecule has 1 aliphatic rings. The second-order valence-electron chi connectivity index (χ2n) is 6.52. The Morgan fingerprint density at radius 3 is 2.72 bits per heavy atom. The first-order chi connectivity index (χ1) is 12.0. The molecule has 6 nitrogen and oxygen atoms in total. The number of anilines is 1. The van der Waals surface area contributed by atoms with E-state index in [0.29, 0.717) is 17.2 Å². The van der Waals surface area contributed by atoms with Crippen molar-refractivity contribution >= 4 is 26.3 Å². The molecule has 0 saturated carbocycles. The Kier molecular flexibility index (Phi) is 5.36. The van der Waals surface area contributed by atoms with E-state index < -0.39 is 16.6 Å². The molecular weight excluding hydrogens is 343 g/mol. The zero-order chi connectivity index (χ0) is 17.9. The third-order valence-electron chi connectivity index (χ3n) is 4.66. The average Bonchev–Trinajstić information content (AvgIpc) is 2.60. The predicted molar refractivity (Wildman–Crippen MR) is 97.3 cm³/mol. The van der Waals surface area contributed by atoms with E-state index in [0.717, 1.165) is 43.4 Å². The van der Waals surface area contributed by atoms with E-state index >= 15 is 0 Å². The average molecular weight is 366 g/mol. The molecule has 1 aliphatic heterocycles. The van der Waals surface area contributed by atoms with Crippen molar-refractivity contribution in [1.29, 1.82) is 4.78 Å². The van der Waals surface area contributed by atoms with Crippen LogP contribution in [0, 0.1) is 10.7 Å². The van der Waals surface area contributed by atoms with Gasteiger partial charge in [-0.3, -0.25) is 14.0 Å². The number of alkyl halides is 1. The normalized spacial score (nSPS) is 18.2. The fourth-order valence-electron chi connectivity index (χ4n) is 3.33. The molecule has 8 heteroatoms. The van der Waals surface area contributed by atoms with Crippen molar-refractivity contribution in [3.8, 4) is 5.88 Å². The van der Waals surface area contributed by atoms with Crippen molar-refractivity contribution in [2.75, 3.05) is 36.9 Å². The van der Waals surface area contributed by atoms with Gasteiger partial charge in [-0.1, -0.05) is 0 Å². The summed E-state index contributed by atoms with van der Waals surface area (Å²) >= 11 is 0. The van der Waals surface area contributed by atoms with Crippen LogP contribution in [0.15, 0.2) is 24.5 Å². The number of hydrogen-bond donors (Lipinski definition) is 1.